The van der Waals surface area contributed by atoms with Gasteiger partial charge in [-0.2, -0.15) is 5.10 Å². The minimum atomic E-state index is -0.346. The number of aromatic amines is 1. The van der Waals surface area contributed by atoms with E-state index in [0.717, 1.165) is 6.42 Å². The molecule has 0 bridgehead atoms. The van der Waals surface area contributed by atoms with Crippen molar-refractivity contribution in [1.82, 2.24) is 10.2 Å². The Morgan fingerprint density at radius 1 is 1.83 bits per heavy atom. The van der Waals surface area contributed by atoms with Crippen LogP contribution in [0.4, 0.5) is 0 Å². The number of rotatable bonds is 3. The summed E-state index contributed by atoms with van der Waals surface area (Å²) >= 11 is 0. The Hall–Kier alpha value is -1.32. The summed E-state index contributed by atoms with van der Waals surface area (Å²) in [5.41, 5.74) is 0.398. The summed E-state index contributed by atoms with van der Waals surface area (Å²) in [4.78, 5) is 11.2. The van der Waals surface area contributed by atoms with Crippen LogP contribution in [-0.2, 0) is 4.74 Å². The van der Waals surface area contributed by atoms with Crippen molar-refractivity contribution in [3.63, 3.8) is 0 Å². The Balaban J connectivity index is 2.50. The highest BCUT2D eigenvalue weighted by Gasteiger charge is 2.10. The number of H-pyrrole nitrogens is 1. The van der Waals surface area contributed by atoms with E-state index in [1.54, 1.807) is 6.07 Å². The van der Waals surface area contributed by atoms with Gasteiger partial charge in [-0.15, -0.1) is 0 Å². The first kappa shape index (κ1) is 8.77. The van der Waals surface area contributed by atoms with Gasteiger partial charge in [-0.05, 0) is 19.4 Å². The highest BCUT2D eigenvalue weighted by atomic mass is 16.5. The van der Waals surface area contributed by atoms with E-state index in [-0.39, 0.29) is 12.1 Å². The van der Waals surface area contributed by atoms with Crippen LogP contribution in [0.3, 0.4) is 0 Å². The Bertz CT molecular complexity index is 244. The molecule has 4 nitrogen and oxygen atoms in total. The summed E-state index contributed by atoms with van der Waals surface area (Å²) in [7, 11) is 0. The molecule has 1 rings (SSSR count). The first-order valence-corrected chi connectivity index (χ1v) is 3.94. The normalized spacial score (nSPS) is 12.5. The number of aromatic nitrogens is 2. The van der Waals surface area contributed by atoms with E-state index in [4.69, 9.17) is 4.74 Å². The SMILES string of the molecule is CCC(C)OC(=O)c1ccn[nH]1. The Morgan fingerprint density at radius 3 is 3.08 bits per heavy atom. The summed E-state index contributed by atoms with van der Waals surface area (Å²) in [5.74, 6) is -0.346. The smallest absolute Gasteiger partial charge is 0.356 e. The number of carbonyl (C=O) groups excluding carboxylic acids is 1. The largest absolute Gasteiger partial charge is 0.458 e. The number of nitrogens with one attached hydrogen (secondary N) is 1. The molecule has 4 heteroatoms. The van der Waals surface area contributed by atoms with Gasteiger partial charge >= 0.3 is 5.97 Å². The first-order valence-electron chi connectivity index (χ1n) is 3.94. The lowest BCUT2D eigenvalue weighted by Gasteiger charge is -2.08. The van der Waals surface area contributed by atoms with Crippen LogP contribution in [0.25, 0.3) is 0 Å². The third kappa shape index (κ3) is 2.08. The minimum Gasteiger partial charge on any atom is -0.458 e. The molecule has 1 unspecified atom stereocenters. The molecule has 0 aliphatic carbocycles. The van der Waals surface area contributed by atoms with Crippen molar-refractivity contribution in [3.8, 4) is 0 Å². The molecular weight excluding hydrogens is 156 g/mol. The van der Waals surface area contributed by atoms with Gasteiger partial charge in [-0.1, -0.05) is 6.92 Å². The summed E-state index contributed by atoms with van der Waals surface area (Å²) in [6.07, 6.45) is 2.30. The molecule has 1 atom stereocenters. The Labute approximate surface area is 70.9 Å². The molecule has 0 aromatic carbocycles. The van der Waals surface area contributed by atoms with Crippen LogP contribution >= 0.6 is 0 Å². The number of ether oxygens (including phenoxy) is 1. The lowest BCUT2D eigenvalue weighted by Crippen LogP contribution is -2.14. The highest BCUT2D eigenvalue weighted by Crippen LogP contribution is 2.01. The zero-order chi connectivity index (χ0) is 8.97. The Morgan fingerprint density at radius 2 is 2.58 bits per heavy atom. The number of hydrogen-bond donors (Lipinski definition) is 1. The predicted molar refractivity (Wildman–Crippen MR) is 43.8 cm³/mol. The topological polar surface area (TPSA) is 55.0 Å². The summed E-state index contributed by atoms with van der Waals surface area (Å²) in [6, 6.07) is 1.59. The fourth-order valence-electron chi connectivity index (χ4n) is 0.699. The van der Waals surface area contributed by atoms with Gasteiger partial charge in [0.25, 0.3) is 0 Å². The van der Waals surface area contributed by atoms with Crippen LogP contribution in [0, 0.1) is 0 Å². The van der Waals surface area contributed by atoms with Crippen molar-refractivity contribution < 1.29 is 9.53 Å². The van der Waals surface area contributed by atoms with E-state index in [2.05, 4.69) is 10.2 Å². The first-order chi connectivity index (χ1) is 5.74. The van der Waals surface area contributed by atoms with Crippen molar-refractivity contribution in [2.45, 2.75) is 26.4 Å². The second-order valence-electron chi connectivity index (χ2n) is 2.59. The second kappa shape index (κ2) is 3.90. The average molecular weight is 168 g/mol. The van der Waals surface area contributed by atoms with Crippen LogP contribution < -0.4 is 0 Å². The summed E-state index contributed by atoms with van der Waals surface area (Å²) < 4.78 is 5.03. The van der Waals surface area contributed by atoms with Gasteiger partial charge in [0.15, 0.2) is 0 Å². The van der Waals surface area contributed by atoms with Gasteiger partial charge in [-0.3, -0.25) is 5.10 Å². The molecule has 0 fully saturated rings. The highest BCUT2D eigenvalue weighted by molar-refractivity contribution is 5.87. The molecule has 1 heterocycles. The molecule has 0 saturated heterocycles. The van der Waals surface area contributed by atoms with E-state index in [1.165, 1.54) is 6.20 Å². The molecule has 12 heavy (non-hydrogen) atoms. The van der Waals surface area contributed by atoms with Gasteiger partial charge in [-0.25, -0.2) is 4.79 Å². The van der Waals surface area contributed by atoms with Crippen molar-refractivity contribution in [3.05, 3.63) is 18.0 Å². The second-order valence-corrected chi connectivity index (χ2v) is 2.59. The van der Waals surface area contributed by atoms with E-state index in [1.807, 2.05) is 13.8 Å². The zero-order valence-electron chi connectivity index (χ0n) is 7.20. The van der Waals surface area contributed by atoms with E-state index in [9.17, 15) is 4.79 Å². The molecule has 0 saturated carbocycles. The molecule has 0 amide bonds. The number of esters is 1. The molecule has 0 aliphatic heterocycles. The standard InChI is InChI=1S/C8H12N2O2/c1-3-6(2)12-8(11)7-4-5-9-10-7/h4-6H,3H2,1-2H3,(H,9,10). The average Bonchev–Trinajstić information content (AvgIpc) is 2.56. The van der Waals surface area contributed by atoms with E-state index >= 15 is 0 Å². The monoisotopic (exact) mass is 168 g/mol. The molecule has 66 valence electrons. The molecular formula is C8H12N2O2. The number of carbonyl (C=O) groups is 1. The van der Waals surface area contributed by atoms with Gasteiger partial charge < -0.3 is 4.74 Å². The summed E-state index contributed by atoms with van der Waals surface area (Å²) in [5, 5.41) is 6.19. The molecule has 1 N–H and O–H groups in total. The maximum atomic E-state index is 11.2. The molecule has 0 radical (unpaired) electrons. The van der Waals surface area contributed by atoms with E-state index < -0.39 is 0 Å². The van der Waals surface area contributed by atoms with E-state index in [0.29, 0.717) is 5.69 Å². The van der Waals surface area contributed by atoms with Gasteiger partial charge in [0.2, 0.25) is 0 Å². The molecule has 1 aromatic heterocycles. The predicted octanol–water partition coefficient (Wildman–Crippen LogP) is 1.36. The van der Waals surface area contributed by atoms with Crippen LogP contribution in [0.15, 0.2) is 12.3 Å². The van der Waals surface area contributed by atoms with Crippen LogP contribution in [0.2, 0.25) is 0 Å². The van der Waals surface area contributed by atoms with Crippen LogP contribution in [0.1, 0.15) is 30.8 Å². The maximum Gasteiger partial charge on any atom is 0.356 e. The lowest BCUT2D eigenvalue weighted by molar-refractivity contribution is 0.0327. The van der Waals surface area contributed by atoms with Crippen molar-refractivity contribution >= 4 is 5.97 Å². The summed E-state index contributed by atoms with van der Waals surface area (Å²) in [6.45, 7) is 3.82. The lowest BCUT2D eigenvalue weighted by atomic mass is 10.3. The number of hydrogen-bond acceptors (Lipinski definition) is 3. The fraction of sp³-hybridized carbons (Fsp3) is 0.500. The van der Waals surface area contributed by atoms with Gasteiger partial charge in [0, 0.05) is 6.20 Å². The van der Waals surface area contributed by atoms with Gasteiger partial charge in [0.05, 0.1) is 6.10 Å². The third-order valence-corrected chi connectivity index (χ3v) is 1.60. The van der Waals surface area contributed by atoms with Gasteiger partial charge in [0.1, 0.15) is 5.69 Å². The Kier molecular flexibility index (Phi) is 2.85. The van der Waals surface area contributed by atoms with Crippen LogP contribution in [-0.4, -0.2) is 22.3 Å². The van der Waals surface area contributed by atoms with Crippen LogP contribution in [0.5, 0.6) is 0 Å². The van der Waals surface area contributed by atoms with Crippen molar-refractivity contribution in [2.75, 3.05) is 0 Å². The van der Waals surface area contributed by atoms with Crippen molar-refractivity contribution in [2.24, 2.45) is 0 Å². The molecule has 0 aliphatic rings. The third-order valence-electron chi connectivity index (χ3n) is 1.60. The van der Waals surface area contributed by atoms with Crippen molar-refractivity contribution in [1.29, 1.82) is 0 Å². The maximum absolute atomic E-state index is 11.2. The molecule has 0 spiro atoms. The quantitative estimate of drug-likeness (QED) is 0.693. The zero-order valence-corrected chi connectivity index (χ0v) is 7.20. The minimum absolute atomic E-state index is 0.0409. The fourth-order valence-corrected chi connectivity index (χ4v) is 0.699. The molecule has 1 aromatic rings. The number of nitrogens with zero attached hydrogens (tertiary/aromatic N) is 1.